The number of amides is 1. The molecule has 0 heterocycles. The minimum absolute atomic E-state index is 0.0289. The zero-order valence-corrected chi connectivity index (χ0v) is 14.5. The molecule has 5 nitrogen and oxygen atoms in total. The molecule has 0 aliphatic heterocycles. The molecule has 0 atom stereocenters. The average molecular weight is 372 g/mol. The van der Waals surface area contributed by atoms with Gasteiger partial charge in [-0.25, -0.2) is 12.8 Å². The molecule has 2 rings (SSSR count). The summed E-state index contributed by atoms with van der Waals surface area (Å²) in [6.45, 7) is 2.05. The lowest BCUT2D eigenvalue weighted by Gasteiger charge is -2.09. The first-order chi connectivity index (χ1) is 11.2. The second kappa shape index (κ2) is 7.19. The molecule has 2 aromatic carbocycles. The minimum atomic E-state index is -3.57. The summed E-state index contributed by atoms with van der Waals surface area (Å²) in [6, 6.07) is 7.90. The van der Waals surface area contributed by atoms with Gasteiger partial charge in [-0.05, 0) is 37.3 Å². The Labute approximate surface area is 144 Å². The van der Waals surface area contributed by atoms with Crippen LogP contribution in [0.3, 0.4) is 0 Å². The SMILES string of the molecule is CCOc1ccc(NC(=O)c2ccc(Cl)c(S(C)(=O)=O)c2)cc1F. The van der Waals surface area contributed by atoms with Gasteiger partial charge in [-0.2, -0.15) is 0 Å². The Balaban J connectivity index is 2.26. The molecule has 0 radical (unpaired) electrons. The van der Waals surface area contributed by atoms with E-state index in [-0.39, 0.29) is 26.9 Å². The van der Waals surface area contributed by atoms with Gasteiger partial charge in [0, 0.05) is 23.6 Å². The van der Waals surface area contributed by atoms with Crippen LogP contribution in [0.15, 0.2) is 41.3 Å². The van der Waals surface area contributed by atoms with Crippen LogP contribution in [0.5, 0.6) is 5.75 Å². The maximum absolute atomic E-state index is 13.8. The number of sulfone groups is 1. The zero-order valence-electron chi connectivity index (χ0n) is 13.0. The Kier molecular flexibility index (Phi) is 5.46. The summed E-state index contributed by atoms with van der Waals surface area (Å²) in [7, 11) is -3.57. The van der Waals surface area contributed by atoms with Crippen molar-refractivity contribution in [3.8, 4) is 5.75 Å². The van der Waals surface area contributed by atoms with Gasteiger partial charge < -0.3 is 10.1 Å². The molecule has 0 saturated carbocycles. The first-order valence-electron chi connectivity index (χ1n) is 6.95. The van der Waals surface area contributed by atoms with E-state index in [1.54, 1.807) is 6.92 Å². The third-order valence-corrected chi connectivity index (χ3v) is 4.66. The van der Waals surface area contributed by atoms with Crippen molar-refractivity contribution in [2.24, 2.45) is 0 Å². The summed E-state index contributed by atoms with van der Waals surface area (Å²) < 4.78 is 42.2. The number of nitrogens with one attached hydrogen (secondary N) is 1. The first-order valence-corrected chi connectivity index (χ1v) is 9.22. The lowest BCUT2D eigenvalue weighted by Crippen LogP contribution is -2.13. The zero-order chi connectivity index (χ0) is 17.9. The van der Waals surface area contributed by atoms with Crippen LogP contribution in [0, 0.1) is 5.82 Å². The Morgan fingerprint density at radius 2 is 1.96 bits per heavy atom. The molecule has 24 heavy (non-hydrogen) atoms. The topological polar surface area (TPSA) is 72.5 Å². The van der Waals surface area contributed by atoms with Gasteiger partial charge in [0.15, 0.2) is 21.4 Å². The number of rotatable bonds is 5. The van der Waals surface area contributed by atoms with E-state index in [2.05, 4.69) is 5.32 Å². The molecular weight excluding hydrogens is 357 g/mol. The molecular formula is C16H15ClFNO4S. The van der Waals surface area contributed by atoms with Crippen LogP contribution in [0.25, 0.3) is 0 Å². The molecule has 0 bridgehead atoms. The lowest BCUT2D eigenvalue weighted by atomic mass is 10.2. The number of halogens is 2. The van der Waals surface area contributed by atoms with E-state index in [4.69, 9.17) is 16.3 Å². The Bertz CT molecular complexity index is 884. The van der Waals surface area contributed by atoms with Crippen molar-refractivity contribution >= 4 is 33.0 Å². The van der Waals surface area contributed by atoms with E-state index in [0.717, 1.165) is 12.3 Å². The Hall–Kier alpha value is -2.12. The highest BCUT2D eigenvalue weighted by atomic mass is 35.5. The van der Waals surface area contributed by atoms with Crippen LogP contribution >= 0.6 is 11.6 Å². The number of hydrogen-bond acceptors (Lipinski definition) is 4. The molecule has 128 valence electrons. The monoisotopic (exact) mass is 371 g/mol. The largest absolute Gasteiger partial charge is 0.491 e. The smallest absolute Gasteiger partial charge is 0.255 e. The summed E-state index contributed by atoms with van der Waals surface area (Å²) in [5.74, 6) is -1.11. The summed E-state index contributed by atoms with van der Waals surface area (Å²) in [4.78, 5) is 12.1. The predicted octanol–water partition coefficient (Wildman–Crippen LogP) is 3.53. The van der Waals surface area contributed by atoms with E-state index in [1.165, 1.54) is 30.3 Å². The lowest BCUT2D eigenvalue weighted by molar-refractivity contribution is 0.102. The fourth-order valence-corrected chi connectivity index (χ4v) is 3.28. The quantitative estimate of drug-likeness (QED) is 0.872. The van der Waals surface area contributed by atoms with Crippen molar-refractivity contribution in [2.45, 2.75) is 11.8 Å². The van der Waals surface area contributed by atoms with Crippen molar-refractivity contribution in [1.82, 2.24) is 0 Å². The van der Waals surface area contributed by atoms with Crippen LogP contribution in [0.4, 0.5) is 10.1 Å². The number of benzene rings is 2. The van der Waals surface area contributed by atoms with Gasteiger partial charge >= 0.3 is 0 Å². The van der Waals surface area contributed by atoms with Gasteiger partial charge in [0.1, 0.15) is 0 Å². The van der Waals surface area contributed by atoms with Crippen LogP contribution in [0.1, 0.15) is 17.3 Å². The van der Waals surface area contributed by atoms with Crippen molar-refractivity contribution < 1.29 is 22.3 Å². The third kappa shape index (κ3) is 4.24. The van der Waals surface area contributed by atoms with Crippen molar-refractivity contribution in [3.05, 3.63) is 52.8 Å². The fraction of sp³-hybridized carbons (Fsp3) is 0.188. The van der Waals surface area contributed by atoms with Gasteiger partial charge in [0.2, 0.25) is 0 Å². The molecule has 0 aliphatic carbocycles. The van der Waals surface area contributed by atoms with E-state index < -0.39 is 21.6 Å². The molecule has 0 unspecified atom stereocenters. The molecule has 2 aromatic rings. The van der Waals surface area contributed by atoms with Gasteiger partial charge in [0.05, 0.1) is 16.5 Å². The summed E-state index contributed by atoms with van der Waals surface area (Å²) in [5.41, 5.74) is 0.311. The van der Waals surface area contributed by atoms with Crippen LogP contribution < -0.4 is 10.1 Å². The molecule has 0 spiro atoms. The van der Waals surface area contributed by atoms with E-state index in [1.807, 2.05) is 0 Å². The second-order valence-corrected chi connectivity index (χ2v) is 7.34. The molecule has 8 heteroatoms. The van der Waals surface area contributed by atoms with Crippen molar-refractivity contribution in [2.75, 3.05) is 18.2 Å². The number of carbonyl (C=O) groups is 1. The van der Waals surface area contributed by atoms with Crippen LogP contribution in [-0.4, -0.2) is 27.2 Å². The number of carbonyl (C=O) groups excluding carboxylic acids is 1. The summed E-state index contributed by atoms with van der Waals surface area (Å²) >= 11 is 5.84. The predicted molar refractivity (Wildman–Crippen MR) is 90.1 cm³/mol. The first kappa shape index (κ1) is 18.2. The van der Waals surface area contributed by atoms with E-state index in [0.29, 0.717) is 6.61 Å². The Morgan fingerprint density at radius 1 is 1.25 bits per heavy atom. The minimum Gasteiger partial charge on any atom is -0.491 e. The van der Waals surface area contributed by atoms with Gasteiger partial charge in [0.25, 0.3) is 5.91 Å². The van der Waals surface area contributed by atoms with E-state index in [9.17, 15) is 17.6 Å². The molecule has 0 saturated heterocycles. The number of hydrogen-bond donors (Lipinski definition) is 1. The van der Waals surface area contributed by atoms with Gasteiger partial charge in [-0.1, -0.05) is 11.6 Å². The molecule has 1 amide bonds. The molecule has 0 fully saturated rings. The molecule has 0 aliphatic rings. The van der Waals surface area contributed by atoms with Gasteiger partial charge in [-0.15, -0.1) is 0 Å². The highest BCUT2D eigenvalue weighted by Crippen LogP contribution is 2.24. The fourth-order valence-electron chi connectivity index (χ4n) is 1.98. The number of ether oxygens (including phenoxy) is 1. The highest BCUT2D eigenvalue weighted by Gasteiger charge is 2.16. The van der Waals surface area contributed by atoms with Crippen LogP contribution in [0.2, 0.25) is 5.02 Å². The van der Waals surface area contributed by atoms with Crippen LogP contribution in [-0.2, 0) is 9.84 Å². The second-order valence-electron chi connectivity index (χ2n) is 4.95. The van der Waals surface area contributed by atoms with E-state index >= 15 is 0 Å². The normalized spacial score (nSPS) is 11.2. The highest BCUT2D eigenvalue weighted by molar-refractivity contribution is 7.90. The maximum Gasteiger partial charge on any atom is 0.255 e. The van der Waals surface area contributed by atoms with Crippen molar-refractivity contribution in [3.63, 3.8) is 0 Å². The summed E-state index contributed by atoms with van der Waals surface area (Å²) in [5, 5.41) is 2.52. The van der Waals surface area contributed by atoms with Gasteiger partial charge in [-0.3, -0.25) is 4.79 Å². The Morgan fingerprint density at radius 3 is 2.54 bits per heavy atom. The number of anilines is 1. The maximum atomic E-state index is 13.8. The molecule has 0 aromatic heterocycles. The summed E-state index contributed by atoms with van der Waals surface area (Å²) in [6.07, 6.45) is 0.998. The molecule has 1 N–H and O–H groups in total. The average Bonchev–Trinajstić information content (AvgIpc) is 2.49. The van der Waals surface area contributed by atoms with Crippen molar-refractivity contribution in [1.29, 1.82) is 0 Å². The third-order valence-electron chi connectivity index (χ3n) is 3.08. The standard InChI is InChI=1S/C16H15ClFNO4S/c1-3-23-14-7-5-11(9-13(14)18)19-16(20)10-4-6-12(17)15(8-10)24(2,21)22/h4-9H,3H2,1-2H3,(H,19,20).